The summed E-state index contributed by atoms with van der Waals surface area (Å²) in [5, 5.41) is 3.98. The Hall–Kier alpha value is -2.21. The molecule has 110 valence electrons. The maximum absolute atomic E-state index is 12.2. The van der Waals surface area contributed by atoms with Crippen molar-refractivity contribution in [2.24, 2.45) is 12.8 Å². The molecule has 0 spiro atoms. The number of nitrogens with zero attached hydrogens (tertiary/aromatic N) is 3. The lowest BCUT2D eigenvalue weighted by atomic mass is 10.3. The zero-order valence-corrected chi connectivity index (χ0v) is 12.3. The molecule has 0 aromatic carbocycles. The van der Waals surface area contributed by atoms with Crippen LogP contribution in [0.4, 0.5) is 0 Å². The fourth-order valence-electron chi connectivity index (χ4n) is 1.61. The Morgan fingerprint density at radius 1 is 1.43 bits per heavy atom. The van der Waals surface area contributed by atoms with Gasteiger partial charge in [-0.15, -0.1) is 0 Å². The van der Waals surface area contributed by atoms with Crippen molar-refractivity contribution in [3.8, 4) is 11.8 Å². The second-order valence-corrected chi connectivity index (χ2v) is 5.95. The van der Waals surface area contributed by atoms with E-state index in [0.717, 1.165) is 5.69 Å². The van der Waals surface area contributed by atoms with Crippen molar-refractivity contribution in [3.05, 3.63) is 42.0 Å². The summed E-state index contributed by atoms with van der Waals surface area (Å²) in [6, 6.07) is 3.20. The molecule has 2 rings (SSSR count). The molecule has 0 atom stereocenters. The van der Waals surface area contributed by atoms with Gasteiger partial charge in [-0.25, -0.2) is 13.1 Å². The molecule has 7 nitrogen and oxygen atoms in total. The van der Waals surface area contributed by atoms with Crippen LogP contribution in [0.1, 0.15) is 11.3 Å². The summed E-state index contributed by atoms with van der Waals surface area (Å²) in [7, 11) is -1.91. The van der Waals surface area contributed by atoms with Crippen LogP contribution in [0, 0.1) is 11.8 Å². The second-order valence-electron chi connectivity index (χ2n) is 4.19. The van der Waals surface area contributed by atoms with Gasteiger partial charge >= 0.3 is 0 Å². The van der Waals surface area contributed by atoms with E-state index in [1.807, 2.05) is 0 Å². The number of pyridine rings is 1. The van der Waals surface area contributed by atoms with E-state index >= 15 is 0 Å². The fraction of sp³-hybridized carbons (Fsp3) is 0.231. The van der Waals surface area contributed by atoms with Gasteiger partial charge < -0.3 is 5.73 Å². The van der Waals surface area contributed by atoms with Crippen LogP contribution in [-0.2, 0) is 23.6 Å². The first-order valence-electron chi connectivity index (χ1n) is 6.13. The Balaban J connectivity index is 2.17. The summed E-state index contributed by atoms with van der Waals surface area (Å²) in [6.07, 6.45) is 4.37. The molecule has 0 amide bonds. The van der Waals surface area contributed by atoms with Crippen molar-refractivity contribution < 1.29 is 8.42 Å². The number of nitrogens with one attached hydrogen (secondary N) is 1. The lowest BCUT2D eigenvalue weighted by molar-refractivity contribution is 0.576. The fourth-order valence-corrected chi connectivity index (χ4v) is 2.60. The van der Waals surface area contributed by atoms with Gasteiger partial charge in [-0.1, -0.05) is 11.8 Å². The maximum Gasteiger partial charge on any atom is 0.242 e. The Kier molecular flexibility index (Phi) is 4.70. The highest BCUT2D eigenvalue weighted by molar-refractivity contribution is 7.89. The molecule has 0 aliphatic heterocycles. The van der Waals surface area contributed by atoms with Gasteiger partial charge in [0.25, 0.3) is 0 Å². The first-order chi connectivity index (χ1) is 10.0. The van der Waals surface area contributed by atoms with E-state index in [2.05, 4.69) is 26.6 Å². The normalized spacial score (nSPS) is 11.0. The van der Waals surface area contributed by atoms with Crippen molar-refractivity contribution in [1.29, 1.82) is 0 Å². The summed E-state index contributed by atoms with van der Waals surface area (Å²) >= 11 is 0. The quantitative estimate of drug-likeness (QED) is 0.748. The standard InChI is InChI=1S/C13H15N5O2S/c1-18-12(4-6-16-18)9-17-21(19,20)13-7-11(3-2-5-14)8-15-10-13/h4,6-8,10,17H,5,9,14H2,1H3. The number of hydrogen-bond donors (Lipinski definition) is 2. The van der Waals surface area contributed by atoms with Gasteiger partial charge in [0.2, 0.25) is 10.0 Å². The molecule has 2 aromatic rings. The van der Waals surface area contributed by atoms with Gasteiger partial charge in [0, 0.05) is 31.2 Å². The van der Waals surface area contributed by atoms with Crippen LogP contribution in [-0.4, -0.2) is 29.7 Å². The lowest BCUT2D eigenvalue weighted by Gasteiger charge is -2.07. The molecule has 0 radical (unpaired) electrons. The van der Waals surface area contributed by atoms with E-state index in [-0.39, 0.29) is 18.0 Å². The van der Waals surface area contributed by atoms with E-state index < -0.39 is 10.0 Å². The molecule has 0 saturated carbocycles. The van der Waals surface area contributed by atoms with E-state index in [4.69, 9.17) is 5.73 Å². The van der Waals surface area contributed by atoms with Gasteiger partial charge in [0.1, 0.15) is 4.90 Å². The van der Waals surface area contributed by atoms with Gasteiger partial charge in [0.15, 0.2) is 0 Å². The predicted octanol–water partition coefficient (Wildman–Crippen LogP) is -0.396. The minimum Gasteiger partial charge on any atom is -0.320 e. The van der Waals surface area contributed by atoms with Gasteiger partial charge in [-0.2, -0.15) is 5.10 Å². The number of rotatable bonds is 4. The van der Waals surface area contributed by atoms with Crippen molar-refractivity contribution in [2.75, 3.05) is 6.54 Å². The predicted molar refractivity (Wildman–Crippen MR) is 77.4 cm³/mol. The van der Waals surface area contributed by atoms with Crippen LogP contribution in [0.2, 0.25) is 0 Å². The topological polar surface area (TPSA) is 103 Å². The molecule has 2 aromatic heterocycles. The number of nitrogens with two attached hydrogens (primary N) is 1. The highest BCUT2D eigenvalue weighted by atomic mass is 32.2. The summed E-state index contributed by atoms with van der Waals surface area (Å²) < 4.78 is 28.5. The monoisotopic (exact) mass is 305 g/mol. The molecule has 0 aliphatic rings. The van der Waals surface area contributed by atoms with E-state index in [1.54, 1.807) is 24.0 Å². The van der Waals surface area contributed by atoms with Crippen LogP contribution in [0.25, 0.3) is 0 Å². The first kappa shape index (κ1) is 15.2. The smallest absolute Gasteiger partial charge is 0.242 e. The average molecular weight is 305 g/mol. The molecule has 0 fully saturated rings. The van der Waals surface area contributed by atoms with Crippen molar-refractivity contribution in [2.45, 2.75) is 11.4 Å². The number of aryl methyl sites for hydroxylation is 1. The van der Waals surface area contributed by atoms with Crippen molar-refractivity contribution in [1.82, 2.24) is 19.5 Å². The molecule has 0 saturated heterocycles. The van der Waals surface area contributed by atoms with Crippen molar-refractivity contribution >= 4 is 10.0 Å². The Bertz CT molecular complexity index is 786. The minimum absolute atomic E-state index is 0.0634. The Morgan fingerprint density at radius 2 is 2.24 bits per heavy atom. The van der Waals surface area contributed by atoms with Crippen LogP contribution in [0.5, 0.6) is 0 Å². The molecular formula is C13H15N5O2S. The molecule has 2 heterocycles. The molecule has 3 N–H and O–H groups in total. The molecule has 21 heavy (non-hydrogen) atoms. The Labute approximate surface area is 123 Å². The SMILES string of the molecule is Cn1nccc1CNS(=O)(=O)c1cncc(C#CCN)c1. The zero-order valence-electron chi connectivity index (χ0n) is 11.4. The first-order valence-corrected chi connectivity index (χ1v) is 7.62. The van der Waals surface area contributed by atoms with Gasteiger partial charge in [-0.05, 0) is 12.1 Å². The lowest BCUT2D eigenvalue weighted by Crippen LogP contribution is -2.24. The summed E-state index contributed by atoms with van der Waals surface area (Å²) in [5.41, 5.74) is 6.54. The van der Waals surface area contributed by atoms with Gasteiger partial charge in [-0.3, -0.25) is 9.67 Å². The number of aromatic nitrogens is 3. The van der Waals surface area contributed by atoms with E-state index in [0.29, 0.717) is 5.56 Å². The molecule has 0 aliphatic carbocycles. The third-order valence-electron chi connectivity index (χ3n) is 2.72. The molecule has 0 unspecified atom stereocenters. The number of hydrogen-bond acceptors (Lipinski definition) is 5. The van der Waals surface area contributed by atoms with Crippen molar-refractivity contribution in [3.63, 3.8) is 0 Å². The average Bonchev–Trinajstić information content (AvgIpc) is 2.89. The van der Waals surface area contributed by atoms with Crippen LogP contribution in [0.15, 0.2) is 35.6 Å². The highest BCUT2D eigenvalue weighted by Crippen LogP contribution is 2.09. The molecule has 0 bridgehead atoms. The number of sulfonamides is 1. The maximum atomic E-state index is 12.2. The van der Waals surface area contributed by atoms with Crippen LogP contribution < -0.4 is 10.5 Å². The largest absolute Gasteiger partial charge is 0.320 e. The summed E-state index contributed by atoms with van der Waals surface area (Å²) in [4.78, 5) is 3.95. The molecular weight excluding hydrogens is 290 g/mol. The highest BCUT2D eigenvalue weighted by Gasteiger charge is 2.15. The zero-order chi connectivity index (χ0) is 15.3. The molecule has 8 heteroatoms. The third-order valence-corrected chi connectivity index (χ3v) is 4.09. The summed E-state index contributed by atoms with van der Waals surface area (Å²) in [6.45, 7) is 0.354. The minimum atomic E-state index is -3.65. The van der Waals surface area contributed by atoms with Crippen LogP contribution >= 0.6 is 0 Å². The van der Waals surface area contributed by atoms with Crippen LogP contribution in [0.3, 0.4) is 0 Å². The Morgan fingerprint density at radius 3 is 2.90 bits per heavy atom. The van der Waals surface area contributed by atoms with E-state index in [9.17, 15) is 8.42 Å². The second kappa shape index (κ2) is 6.49. The summed E-state index contributed by atoms with van der Waals surface area (Å²) in [5.74, 6) is 5.41. The van der Waals surface area contributed by atoms with Gasteiger partial charge in [0.05, 0.1) is 18.8 Å². The van der Waals surface area contributed by atoms with E-state index in [1.165, 1.54) is 18.5 Å². The third kappa shape index (κ3) is 3.88.